The molecule has 1 atom stereocenters. The van der Waals surface area contributed by atoms with Gasteiger partial charge >= 0.3 is 5.97 Å². The van der Waals surface area contributed by atoms with E-state index in [1.165, 1.54) is 12.1 Å². The maximum absolute atomic E-state index is 13.8. The van der Waals surface area contributed by atoms with Crippen molar-refractivity contribution in [1.29, 1.82) is 0 Å². The average Bonchev–Trinajstić information content (AvgIpc) is 3.23. The number of amides is 1. The molecule has 1 saturated carbocycles. The molecular formula is C27H35N3O5S. The summed E-state index contributed by atoms with van der Waals surface area (Å²) in [7, 11) is 0. The zero-order valence-corrected chi connectivity index (χ0v) is 22.4. The molecule has 9 heteroatoms. The van der Waals surface area contributed by atoms with Crippen molar-refractivity contribution in [2.24, 2.45) is 17.3 Å². The van der Waals surface area contributed by atoms with E-state index in [1.54, 1.807) is 11.0 Å². The van der Waals surface area contributed by atoms with E-state index < -0.39 is 5.97 Å². The maximum atomic E-state index is 13.8. The number of carboxylic acids is 1. The highest BCUT2D eigenvalue weighted by atomic mass is 32.1. The molecule has 1 aliphatic carbocycles. The average molecular weight is 514 g/mol. The Morgan fingerprint density at radius 1 is 1.22 bits per heavy atom. The molecule has 0 bridgehead atoms. The molecule has 2 aromatic rings. The van der Waals surface area contributed by atoms with Crippen molar-refractivity contribution in [3.8, 4) is 23.6 Å². The van der Waals surface area contributed by atoms with Gasteiger partial charge in [-0.2, -0.15) is 0 Å². The largest absolute Gasteiger partial charge is 0.492 e. The van der Waals surface area contributed by atoms with Gasteiger partial charge in [-0.3, -0.25) is 4.79 Å². The number of ether oxygens (including phenoxy) is 1. The van der Waals surface area contributed by atoms with Crippen LogP contribution in [0.5, 0.6) is 11.8 Å². The Morgan fingerprint density at radius 3 is 2.50 bits per heavy atom. The van der Waals surface area contributed by atoms with Gasteiger partial charge in [0.25, 0.3) is 0 Å². The molecule has 0 saturated heterocycles. The number of carbonyl (C=O) groups is 2. The molecule has 1 aliphatic rings. The van der Waals surface area contributed by atoms with E-state index in [4.69, 9.17) is 4.74 Å². The van der Waals surface area contributed by atoms with Gasteiger partial charge < -0.3 is 19.8 Å². The fourth-order valence-corrected chi connectivity index (χ4v) is 5.00. The van der Waals surface area contributed by atoms with Crippen molar-refractivity contribution in [2.75, 3.05) is 11.5 Å². The van der Waals surface area contributed by atoms with E-state index in [2.05, 4.69) is 29.0 Å². The molecule has 3 rings (SSSR count). The smallest absolute Gasteiger partial charge is 0.348 e. The van der Waals surface area contributed by atoms with Crippen LogP contribution >= 0.6 is 11.3 Å². The molecule has 2 heterocycles. The van der Waals surface area contributed by atoms with Crippen LogP contribution in [0.1, 0.15) is 81.3 Å². The SMILES string of the molecule is CC(CCOc1ccc(O)nn1)N(c1cc(C#CC(C)(C)C)sc1C(=O)O)C(=O)[C@H]1CC[C@H](C)CC1. The van der Waals surface area contributed by atoms with Crippen LogP contribution in [-0.4, -0.2) is 44.9 Å². The second-order valence-corrected chi connectivity index (χ2v) is 11.6. The van der Waals surface area contributed by atoms with Gasteiger partial charge in [-0.1, -0.05) is 18.8 Å². The highest BCUT2D eigenvalue weighted by Crippen LogP contribution is 2.36. The first kappa shape index (κ1) is 27.5. The summed E-state index contributed by atoms with van der Waals surface area (Å²) in [5, 5.41) is 26.6. The van der Waals surface area contributed by atoms with Crippen LogP contribution in [0.3, 0.4) is 0 Å². The number of hydrogen-bond donors (Lipinski definition) is 2. The molecule has 0 aliphatic heterocycles. The highest BCUT2D eigenvalue weighted by Gasteiger charge is 2.34. The quantitative estimate of drug-likeness (QED) is 0.457. The fraction of sp³-hybridized carbons (Fsp3) is 0.556. The minimum absolute atomic E-state index is 0.0468. The van der Waals surface area contributed by atoms with Crippen LogP contribution in [0.15, 0.2) is 18.2 Å². The second kappa shape index (κ2) is 11.7. The van der Waals surface area contributed by atoms with E-state index in [1.807, 2.05) is 27.7 Å². The van der Waals surface area contributed by atoms with Crippen molar-refractivity contribution >= 4 is 28.9 Å². The Balaban J connectivity index is 1.89. The monoisotopic (exact) mass is 513 g/mol. The Labute approximate surface area is 216 Å². The number of anilines is 1. The van der Waals surface area contributed by atoms with E-state index in [9.17, 15) is 19.8 Å². The van der Waals surface area contributed by atoms with E-state index >= 15 is 0 Å². The number of thiophene rings is 1. The molecule has 2 aromatic heterocycles. The maximum Gasteiger partial charge on any atom is 0.348 e. The number of aromatic hydroxyl groups is 1. The summed E-state index contributed by atoms with van der Waals surface area (Å²) in [6.07, 6.45) is 4.02. The molecule has 2 N–H and O–H groups in total. The van der Waals surface area contributed by atoms with Crippen molar-refractivity contribution in [3.05, 3.63) is 28.0 Å². The molecule has 0 aromatic carbocycles. The number of aromatic nitrogens is 2. The third kappa shape index (κ3) is 7.44. The van der Waals surface area contributed by atoms with Crippen LogP contribution in [0.2, 0.25) is 0 Å². The summed E-state index contributed by atoms with van der Waals surface area (Å²) >= 11 is 1.10. The lowest BCUT2D eigenvalue weighted by atomic mass is 9.82. The molecule has 1 fully saturated rings. The molecule has 1 unspecified atom stereocenters. The number of hydrogen-bond acceptors (Lipinski definition) is 7. The minimum atomic E-state index is -1.07. The van der Waals surface area contributed by atoms with Crippen molar-refractivity contribution in [3.63, 3.8) is 0 Å². The van der Waals surface area contributed by atoms with Crippen LogP contribution in [0.25, 0.3) is 0 Å². The Morgan fingerprint density at radius 2 is 1.92 bits per heavy atom. The lowest BCUT2D eigenvalue weighted by Crippen LogP contribution is -2.44. The minimum Gasteiger partial charge on any atom is -0.492 e. The number of nitrogens with zero attached hydrogens (tertiary/aromatic N) is 3. The van der Waals surface area contributed by atoms with Gasteiger partial charge in [0, 0.05) is 35.9 Å². The zero-order valence-electron chi connectivity index (χ0n) is 21.6. The van der Waals surface area contributed by atoms with E-state index in [0.29, 0.717) is 22.9 Å². The first-order valence-electron chi connectivity index (χ1n) is 12.3. The van der Waals surface area contributed by atoms with Gasteiger partial charge in [0.1, 0.15) is 4.88 Å². The summed E-state index contributed by atoms with van der Waals surface area (Å²) in [6.45, 7) is 10.3. The van der Waals surface area contributed by atoms with Crippen LogP contribution in [0, 0.1) is 29.1 Å². The summed E-state index contributed by atoms with van der Waals surface area (Å²) in [5.74, 6) is 5.65. The zero-order chi connectivity index (χ0) is 26.5. The van der Waals surface area contributed by atoms with Gasteiger partial charge in [0.2, 0.25) is 17.7 Å². The van der Waals surface area contributed by atoms with Crippen molar-refractivity contribution < 1.29 is 24.5 Å². The molecular weight excluding hydrogens is 478 g/mol. The third-order valence-electron chi connectivity index (χ3n) is 6.18. The lowest BCUT2D eigenvalue weighted by molar-refractivity contribution is -0.124. The standard InChI is InChI=1S/C27H35N3O5S/c1-17-6-8-19(9-7-17)25(32)30(18(2)13-15-35-23-11-10-22(31)28-29-23)21-16-20(12-14-27(3,4)5)36-24(21)26(33)34/h10-11,16-19H,6-9,13,15H2,1-5H3,(H,28,31)(H,33,34)/t17-,18?,19-. The normalized spacial score (nSPS) is 18.6. The summed E-state index contributed by atoms with van der Waals surface area (Å²) in [4.78, 5) is 28.4. The second-order valence-electron chi connectivity index (χ2n) is 10.5. The Bertz CT molecular complexity index is 1120. The van der Waals surface area contributed by atoms with Gasteiger partial charge in [-0.05, 0) is 65.4 Å². The Hall–Kier alpha value is -3.12. The van der Waals surface area contributed by atoms with Crippen molar-refractivity contribution in [2.45, 2.75) is 72.8 Å². The van der Waals surface area contributed by atoms with Gasteiger partial charge in [0.15, 0.2) is 0 Å². The molecule has 0 radical (unpaired) electrons. The molecule has 36 heavy (non-hydrogen) atoms. The topological polar surface area (TPSA) is 113 Å². The number of carbonyl (C=O) groups excluding carboxylic acids is 1. The Kier molecular flexibility index (Phi) is 8.96. The fourth-order valence-electron chi connectivity index (χ4n) is 4.15. The predicted molar refractivity (Wildman–Crippen MR) is 139 cm³/mol. The van der Waals surface area contributed by atoms with Gasteiger partial charge in [-0.25, -0.2) is 4.79 Å². The van der Waals surface area contributed by atoms with E-state index in [-0.39, 0.29) is 46.5 Å². The van der Waals surface area contributed by atoms with Crippen LogP contribution in [-0.2, 0) is 4.79 Å². The van der Waals surface area contributed by atoms with Crippen LogP contribution in [0.4, 0.5) is 5.69 Å². The summed E-state index contributed by atoms with van der Waals surface area (Å²) in [6, 6.07) is 4.31. The summed E-state index contributed by atoms with van der Waals surface area (Å²) in [5.41, 5.74) is 0.162. The lowest BCUT2D eigenvalue weighted by Gasteiger charge is -2.34. The number of carboxylic acid groups (broad SMARTS) is 1. The molecule has 1 amide bonds. The molecule has 0 spiro atoms. The predicted octanol–water partition coefficient (Wildman–Crippen LogP) is 5.36. The molecule has 194 valence electrons. The third-order valence-corrected chi connectivity index (χ3v) is 7.21. The number of aromatic carboxylic acids is 1. The van der Waals surface area contributed by atoms with Crippen molar-refractivity contribution in [1.82, 2.24) is 10.2 Å². The first-order chi connectivity index (χ1) is 16.9. The van der Waals surface area contributed by atoms with Gasteiger partial charge in [0.05, 0.1) is 17.2 Å². The van der Waals surface area contributed by atoms with Crippen LogP contribution < -0.4 is 9.64 Å². The first-order valence-corrected chi connectivity index (χ1v) is 13.1. The highest BCUT2D eigenvalue weighted by molar-refractivity contribution is 7.15. The number of rotatable bonds is 8. The van der Waals surface area contributed by atoms with E-state index in [0.717, 1.165) is 37.0 Å². The summed E-state index contributed by atoms with van der Waals surface area (Å²) < 4.78 is 5.66. The molecule has 8 nitrogen and oxygen atoms in total. The van der Waals surface area contributed by atoms with Gasteiger partial charge in [-0.15, -0.1) is 21.5 Å².